The lowest BCUT2D eigenvalue weighted by Crippen LogP contribution is -2.33. The molecule has 8 heteroatoms. The molecule has 0 aliphatic carbocycles. The second-order valence-electron chi connectivity index (χ2n) is 6.08. The van der Waals surface area contributed by atoms with Crippen molar-refractivity contribution in [2.45, 2.75) is 13.0 Å². The first kappa shape index (κ1) is 19.5. The van der Waals surface area contributed by atoms with E-state index in [2.05, 4.69) is 5.32 Å². The topological polar surface area (TPSA) is 81.5 Å². The Morgan fingerprint density at radius 1 is 1.25 bits per heavy atom. The first-order valence-electron chi connectivity index (χ1n) is 8.40. The molecular formula is C20H17FN2O4S. The fourth-order valence-electron chi connectivity index (χ4n) is 2.66. The van der Waals surface area contributed by atoms with Gasteiger partial charge in [-0.1, -0.05) is 24.3 Å². The Morgan fingerprint density at radius 2 is 2.00 bits per heavy atom. The smallest absolute Gasteiger partial charge is 0.310 e. The SMILES string of the molecule is Cc1ccc([N+](=O)[O-])c(OCC(=O)N[C@H](c2ccc(F)cc2)c2cccs2)c1. The highest BCUT2D eigenvalue weighted by Crippen LogP contribution is 2.28. The van der Waals surface area contributed by atoms with E-state index < -0.39 is 16.9 Å². The van der Waals surface area contributed by atoms with Crippen LogP contribution in [0.4, 0.5) is 10.1 Å². The Kier molecular flexibility index (Phi) is 6.00. The second kappa shape index (κ2) is 8.62. The zero-order valence-electron chi connectivity index (χ0n) is 14.9. The fourth-order valence-corrected chi connectivity index (χ4v) is 3.47. The lowest BCUT2D eigenvalue weighted by atomic mass is 10.1. The molecule has 3 rings (SSSR count). The lowest BCUT2D eigenvalue weighted by Gasteiger charge is -2.18. The molecule has 1 N–H and O–H groups in total. The fraction of sp³-hybridized carbons (Fsp3) is 0.150. The monoisotopic (exact) mass is 400 g/mol. The zero-order valence-corrected chi connectivity index (χ0v) is 15.7. The molecule has 0 aliphatic rings. The van der Waals surface area contributed by atoms with E-state index in [9.17, 15) is 19.3 Å². The van der Waals surface area contributed by atoms with E-state index in [-0.39, 0.29) is 23.9 Å². The summed E-state index contributed by atoms with van der Waals surface area (Å²) in [7, 11) is 0. The van der Waals surface area contributed by atoms with Gasteiger partial charge in [0.2, 0.25) is 0 Å². The molecule has 1 atom stereocenters. The summed E-state index contributed by atoms with van der Waals surface area (Å²) in [4.78, 5) is 23.9. The van der Waals surface area contributed by atoms with E-state index in [0.29, 0.717) is 0 Å². The number of nitro groups is 1. The van der Waals surface area contributed by atoms with Crippen molar-refractivity contribution in [3.8, 4) is 5.75 Å². The van der Waals surface area contributed by atoms with Crippen molar-refractivity contribution in [1.29, 1.82) is 0 Å². The summed E-state index contributed by atoms with van der Waals surface area (Å²) in [5.74, 6) is -0.775. The summed E-state index contributed by atoms with van der Waals surface area (Å²) in [6, 6.07) is 13.6. The molecule has 144 valence electrons. The molecule has 0 saturated heterocycles. The Hall–Kier alpha value is -3.26. The normalized spacial score (nSPS) is 11.6. The van der Waals surface area contributed by atoms with E-state index in [1.165, 1.54) is 35.6 Å². The minimum atomic E-state index is -0.556. The van der Waals surface area contributed by atoms with E-state index in [1.807, 2.05) is 17.5 Å². The number of benzene rings is 2. The molecule has 0 aliphatic heterocycles. The summed E-state index contributed by atoms with van der Waals surface area (Å²) >= 11 is 1.46. The van der Waals surface area contributed by atoms with Crippen molar-refractivity contribution < 1.29 is 18.8 Å². The zero-order chi connectivity index (χ0) is 20.1. The number of hydrogen-bond acceptors (Lipinski definition) is 5. The van der Waals surface area contributed by atoms with Gasteiger partial charge in [0.1, 0.15) is 5.82 Å². The summed E-state index contributed by atoms with van der Waals surface area (Å²) in [6.45, 7) is 1.39. The number of carbonyl (C=O) groups excluding carboxylic acids is 1. The van der Waals surface area contributed by atoms with Crippen molar-refractivity contribution in [3.63, 3.8) is 0 Å². The van der Waals surface area contributed by atoms with Crippen molar-refractivity contribution in [2.24, 2.45) is 0 Å². The average Bonchev–Trinajstić information content (AvgIpc) is 3.19. The molecule has 0 bridgehead atoms. The highest BCUT2D eigenvalue weighted by molar-refractivity contribution is 7.10. The van der Waals surface area contributed by atoms with E-state index in [1.54, 1.807) is 25.1 Å². The van der Waals surface area contributed by atoms with E-state index in [0.717, 1.165) is 16.0 Å². The number of hydrogen-bond donors (Lipinski definition) is 1. The molecule has 0 unspecified atom stereocenters. The van der Waals surface area contributed by atoms with Crippen LogP contribution in [-0.2, 0) is 4.79 Å². The molecule has 1 aromatic heterocycles. The summed E-state index contributed by atoms with van der Waals surface area (Å²) in [5, 5.41) is 15.8. The lowest BCUT2D eigenvalue weighted by molar-refractivity contribution is -0.385. The summed E-state index contributed by atoms with van der Waals surface area (Å²) in [5.41, 5.74) is 1.30. The van der Waals surface area contributed by atoms with Crippen LogP contribution in [0.3, 0.4) is 0 Å². The van der Waals surface area contributed by atoms with E-state index in [4.69, 9.17) is 4.74 Å². The number of rotatable bonds is 7. The molecule has 0 radical (unpaired) electrons. The van der Waals surface area contributed by atoms with E-state index >= 15 is 0 Å². The largest absolute Gasteiger partial charge is 0.477 e. The minimum absolute atomic E-state index is 0.0367. The van der Waals surface area contributed by atoms with Crippen molar-refractivity contribution in [1.82, 2.24) is 5.32 Å². The van der Waals surface area contributed by atoms with Crippen LogP contribution in [-0.4, -0.2) is 17.4 Å². The number of aryl methyl sites for hydroxylation is 1. The first-order chi connectivity index (χ1) is 13.4. The standard InChI is InChI=1S/C20H17FN2O4S/c1-13-4-9-16(23(25)26)17(11-13)27-12-19(24)22-20(18-3-2-10-28-18)14-5-7-15(21)8-6-14/h2-11,20H,12H2,1H3,(H,22,24)/t20-/m1/s1. The number of nitrogens with zero attached hydrogens (tertiary/aromatic N) is 1. The number of ether oxygens (including phenoxy) is 1. The molecule has 1 amide bonds. The molecule has 0 saturated carbocycles. The maximum atomic E-state index is 13.2. The van der Waals surface area contributed by atoms with Gasteiger partial charge in [0, 0.05) is 10.9 Å². The number of carbonyl (C=O) groups is 1. The quantitative estimate of drug-likeness (QED) is 0.471. The Balaban J connectivity index is 1.74. The van der Waals surface area contributed by atoms with Crippen LogP contribution in [0.1, 0.15) is 22.0 Å². The maximum absolute atomic E-state index is 13.2. The van der Waals surface area contributed by atoms with Crippen LogP contribution in [0.2, 0.25) is 0 Å². The van der Waals surface area contributed by atoms with Gasteiger partial charge in [-0.15, -0.1) is 11.3 Å². The highest BCUT2D eigenvalue weighted by atomic mass is 32.1. The molecule has 2 aromatic carbocycles. The van der Waals surface area contributed by atoms with Crippen LogP contribution in [0.5, 0.6) is 5.75 Å². The Morgan fingerprint density at radius 3 is 2.64 bits per heavy atom. The van der Waals surface area contributed by atoms with Gasteiger partial charge in [-0.2, -0.15) is 0 Å². The van der Waals surface area contributed by atoms with Gasteiger partial charge < -0.3 is 10.1 Å². The van der Waals surface area contributed by atoms with Crippen molar-refractivity contribution >= 4 is 22.9 Å². The van der Waals surface area contributed by atoms with Gasteiger partial charge >= 0.3 is 5.69 Å². The van der Waals surface area contributed by atoms with Gasteiger partial charge in [-0.3, -0.25) is 14.9 Å². The third-order valence-electron chi connectivity index (χ3n) is 4.01. The van der Waals surface area contributed by atoms with Gasteiger partial charge in [0.05, 0.1) is 11.0 Å². The highest BCUT2D eigenvalue weighted by Gasteiger charge is 2.20. The van der Waals surface area contributed by atoms with Crippen LogP contribution in [0.25, 0.3) is 0 Å². The molecule has 1 heterocycles. The molecular weight excluding hydrogens is 383 g/mol. The predicted octanol–water partition coefficient (Wildman–Crippen LogP) is 4.39. The summed E-state index contributed by atoms with van der Waals surface area (Å²) in [6.07, 6.45) is 0. The summed E-state index contributed by atoms with van der Waals surface area (Å²) < 4.78 is 18.6. The minimum Gasteiger partial charge on any atom is -0.477 e. The molecule has 6 nitrogen and oxygen atoms in total. The average molecular weight is 400 g/mol. The predicted molar refractivity (Wildman–Crippen MR) is 104 cm³/mol. The molecule has 3 aromatic rings. The third kappa shape index (κ3) is 4.72. The number of thiophene rings is 1. The number of halogens is 1. The second-order valence-corrected chi connectivity index (χ2v) is 7.06. The molecule has 0 spiro atoms. The molecule has 28 heavy (non-hydrogen) atoms. The van der Waals surface area contributed by atoms with Crippen LogP contribution >= 0.6 is 11.3 Å². The number of amides is 1. The number of nitrogens with one attached hydrogen (secondary N) is 1. The van der Waals surface area contributed by atoms with Crippen LogP contribution < -0.4 is 10.1 Å². The Labute approximate surface area is 164 Å². The van der Waals surface area contributed by atoms with Crippen LogP contribution in [0, 0.1) is 22.9 Å². The third-order valence-corrected chi connectivity index (χ3v) is 4.94. The first-order valence-corrected chi connectivity index (χ1v) is 9.28. The van der Waals surface area contributed by atoms with Gasteiger partial charge in [0.15, 0.2) is 12.4 Å². The van der Waals surface area contributed by atoms with Crippen molar-refractivity contribution in [3.05, 3.63) is 91.9 Å². The maximum Gasteiger partial charge on any atom is 0.310 e. The molecule has 0 fully saturated rings. The Bertz CT molecular complexity index is 974. The van der Waals surface area contributed by atoms with Gasteiger partial charge in [0.25, 0.3) is 5.91 Å². The van der Waals surface area contributed by atoms with Gasteiger partial charge in [-0.05, 0) is 47.7 Å². The van der Waals surface area contributed by atoms with Gasteiger partial charge in [-0.25, -0.2) is 4.39 Å². The van der Waals surface area contributed by atoms with Crippen LogP contribution in [0.15, 0.2) is 60.0 Å². The number of nitro benzene ring substituents is 1. The van der Waals surface area contributed by atoms with Crippen molar-refractivity contribution in [2.75, 3.05) is 6.61 Å².